The number of ether oxygens (including phenoxy) is 4. The van der Waals surface area contributed by atoms with Crippen LogP contribution >= 0.6 is 0 Å². The van der Waals surface area contributed by atoms with Crippen LogP contribution < -0.4 is 18.9 Å². The van der Waals surface area contributed by atoms with Crippen molar-refractivity contribution in [2.24, 2.45) is 0 Å². The van der Waals surface area contributed by atoms with E-state index in [9.17, 15) is 19.2 Å². The smallest absolute Gasteiger partial charge is 0.338 e. The first-order chi connectivity index (χ1) is 21.7. The van der Waals surface area contributed by atoms with Crippen molar-refractivity contribution in [2.45, 2.75) is 27.7 Å². The lowest BCUT2D eigenvalue weighted by atomic mass is 10.1. The quantitative estimate of drug-likeness (QED) is 0.0872. The Morgan fingerprint density at radius 3 is 1.07 bits per heavy atom. The van der Waals surface area contributed by atoms with Crippen molar-refractivity contribution >= 4 is 48.2 Å². The summed E-state index contributed by atoms with van der Waals surface area (Å²) < 4.78 is 21.5. The van der Waals surface area contributed by atoms with Crippen LogP contribution in [0.25, 0.3) is 24.3 Å². The van der Waals surface area contributed by atoms with Gasteiger partial charge in [-0.15, -0.1) is 0 Å². The fourth-order valence-electron chi connectivity index (χ4n) is 3.46. The first-order valence-corrected chi connectivity index (χ1v) is 14.0. The lowest BCUT2D eigenvalue weighted by molar-refractivity contribution is -0.131. The van der Waals surface area contributed by atoms with Crippen LogP contribution in [-0.2, 0) is 19.2 Å². The Morgan fingerprint density at radius 1 is 0.457 bits per heavy atom. The Labute approximate surface area is 268 Å². The molecule has 0 saturated heterocycles. The third-order valence-corrected chi connectivity index (χ3v) is 6.04. The lowest BCUT2D eigenvalue weighted by Crippen LogP contribution is -2.11. The van der Waals surface area contributed by atoms with Gasteiger partial charge in [0, 0.05) is 45.6 Å². The Balaban J connectivity index is 1.83. The van der Waals surface area contributed by atoms with E-state index in [0.717, 1.165) is 11.1 Å². The first-order valence-electron chi connectivity index (χ1n) is 14.0. The number of carbonyl (C=O) groups is 4. The second kappa shape index (κ2) is 15.6. The second-order valence-electron chi connectivity index (χ2n) is 10.4. The predicted molar refractivity (Wildman–Crippen MR) is 179 cm³/mol. The number of hydrogen-bond acceptors (Lipinski definition) is 8. The maximum absolute atomic E-state index is 12.2. The van der Waals surface area contributed by atoms with E-state index in [1.807, 2.05) is 36.4 Å². The molecule has 3 aromatic rings. The first kappa shape index (κ1) is 34.5. The highest BCUT2D eigenvalue weighted by atomic mass is 16.6. The number of esters is 4. The summed E-state index contributed by atoms with van der Waals surface area (Å²) in [5.74, 6) is -1.64. The van der Waals surface area contributed by atoms with Gasteiger partial charge in [0.25, 0.3) is 0 Å². The second-order valence-corrected chi connectivity index (χ2v) is 10.4. The lowest BCUT2D eigenvalue weighted by Gasteiger charge is -2.11. The molecule has 3 aromatic carbocycles. The maximum atomic E-state index is 12.2. The van der Waals surface area contributed by atoms with Crippen LogP contribution in [0.3, 0.4) is 0 Å². The third-order valence-electron chi connectivity index (χ3n) is 6.04. The molecule has 0 aliphatic heterocycles. The van der Waals surface area contributed by atoms with Crippen LogP contribution in [0.2, 0.25) is 0 Å². The van der Waals surface area contributed by atoms with Gasteiger partial charge in [-0.2, -0.15) is 0 Å². The Bertz CT molecular complexity index is 1670. The van der Waals surface area contributed by atoms with Gasteiger partial charge in [-0.05, 0) is 63.1 Å². The van der Waals surface area contributed by atoms with Gasteiger partial charge in [0.2, 0.25) is 0 Å². The zero-order valence-corrected chi connectivity index (χ0v) is 26.2. The highest BCUT2D eigenvalue weighted by Crippen LogP contribution is 2.30. The summed E-state index contributed by atoms with van der Waals surface area (Å²) >= 11 is 0. The van der Waals surface area contributed by atoms with E-state index in [1.54, 1.807) is 36.4 Å². The molecule has 0 heterocycles. The van der Waals surface area contributed by atoms with Crippen LogP contribution in [-0.4, -0.2) is 23.9 Å². The molecule has 0 bridgehead atoms. The minimum atomic E-state index is -0.616. The molecule has 0 saturated carbocycles. The average molecular weight is 619 g/mol. The minimum absolute atomic E-state index is 0.194. The van der Waals surface area contributed by atoms with E-state index >= 15 is 0 Å². The molecule has 8 heteroatoms. The van der Waals surface area contributed by atoms with E-state index in [2.05, 4.69) is 26.3 Å². The highest BCUT2D eigenvalue weighted by Gasteiger charge is 2.14. The van der Waals surface area contributed by atoms with Crippen molar-refractivity contribution in [1.82, 2.24) is 0 Å². The normalized spacial score (nSPS) is 10.7. The molecule has 0 atom stereocenters. The SMILES string of the molecule is C=C(C)C(=O)Oc1ccc(C=Cc2ccc(C=Cc3ccc(OC(=O)C(=C)C)cc3OC(=O)C(=C)C)cc2)c(OC(=O)C(=C)C)c1. The highest BCUT2D eigenvalue weighted by molar-refractivity contribution is 5.92. The Morgan fingerprint density at radius 2 is 0.761 bits per heavy atom. The molecule has 0 aliphatic rings. The summed E-state index contributed by atoms with van der Waals surface area (Å²) in [4.78, 5) is 48.4. The number of carbonyl (C=O) groups excluding carboxylic acids is 4. The van der Waals surface area contributed by atoms with E-state index in [4.69, 9.17) is 18.9 Å². The van der Waals surface area contributed by atoms with Crippen molar-refractivity contribution in [3.8, 4) is 23.0 Å². The summed E-state index contributed by atoms with van der Waals surface area (Å²) in [7, 11) is 0. The van der Waals surface area contributed by atoms with Crippen molar-refractivity contribution in [1.29, 1.82) is 0 Å². The molecule has 3 rings (SSSR count). The van der Waals surface area contributed by atoms with Crippen molar-refractivity contribution in [3.63, 3.8) is 0 Å². The number of hydrogen-bond donors (Lipinski definition) is 0. The van der Waals surface area contributed by atoms with Gasteiger partial charge >= 0.3 is 23.9 Å². The molecule has 234 valence electrons. The summed E-state index contributed by atoms with van der Waals surface area (Å²) in [5.41, 5.74) is 3.74. The van der Waals surface area contributed by atoms with E-state index in [1.165, 1.54) is 39.8 Å². The topological polar surface area (TPSA) is 105 Å². The molecular formula is C38H34O8. The molecule has 0 N–H and O–H groups in total. The molecule has 8 nitrogen and oxygen atoms in total. The third kappa shape index (κ3) is 10.0. The van der Waals surface area contributed by atoms with E-state index in [0.29, 0.717) is 11.1 Å². The van der Waals surface area contributed by atoms with Crippen LogP contribution in [0.1, 0.15) is 49.9 Å². The summed E-state index contributed by atoms with van der Waals surface area (Å²) in [6.45, 7) is 20.5. The molecule has 0 fully saturated rings. The molecule has 0 amide bonds. The molecule has 0 aliphatic carbocycles. The zero-order valence-electron chi connectivity index (χ0n) is 26.2. The van der Waals surface area contributed by atoms with E-state index in [-0.39, 0.29) is 45.3 Å². The molecular weight excluding hydrogens is 584 g/mol. The summed E-state index contributed by atoms with van der Waals surface area (Å²) in [6.07, 6.45) is 7.20. The fraction of sp³-hybridized carbons (Fsp3) is 0.105. The Kier molecular flexibility index (Phi) is 11.7. The van der Waals surface area contributed by atoms with Crippen LogP contribution in [0.5, 0.6) is 23.0 Å². The van der Waals surface area contributed by atoms with Gasteiger partial charge in [0.15, 0.2) is 0 Å². The van der Waals surface area contributed by atoms with Crippen LogP contribution in [0.15, 0.2) is 109 Å². The number of rotatable bonds is 12. The van der Waals surface area contributed by atoms with Gasteiger partial charge in [0.1, 0.15) is 23.0 Å². The van der Waals surface area contributed by atoms with Crippen molar-refractivity contribution in [2.75, 3.05) is 0 Å². The van der Waals surface area contributed by atoms with Gasteiger partial charge in [-0.3, -0.25) is 0 Å². The average Bonchev–Trinajstić information content (AvgIpc) is 3.00. The van der Waals surface area contributed by atoms with Gasteiger partial charge in [0.05, 0.1) is 0 Å². The Hall–Kier alpha value is -6.02. The largest absolute Gasteiger partial charge is 0.423 e. The van der Waals surface area contributed by atoms with E-state index < -0.39 is 23.9 Å². The maximum Gasteiger partial charge on any atom is 0.338 e. The predicted octanol–water partition coefficient (Wildman–Crippen LogP) is 7.95. The van der Waals surface area contributed by atoms with Gasteiger partial charge < -0.3 is 18.9 Å². The molecule has 0 unspecified atom stereocenters. The van der Waals surface area contributed by atoms with Crippen molar-refractivity contribution < 1.29 is 38.1 Å². The van der Waals surface area contributed by atoms with Crippen LogP contribution in [0, 0.1) is 0 Å². The van der Waals surface area contributed by atoms with Crippen molar-refractivity contribution in [3.05, 3.63) is 132 Å². The van der Waals surface area contributed by atoms with Crippen LogP contribution in [0.4, 0.5) is 0 Å². The monoisotopic (exact) mass is 618 g/mol. The van der Waals surface area contributed by atoms with Gasteiger partial charge in [-0.25, -0.2) is 19.2 Å². The molecule has 0 radical (unpaired) electrons. The standard InChI is InChI=1S/C38H34O8/c1-23(2)35(39)43-31-19-17-29(33(21-31)45-37(41)25(5)6)15-13-27-9-11-28(12-10-27)14-16-30-18-20-32(44-36(40)24(3)4)22-34(30)46-38(42)26(7)8/h9-22H,1,3,5,7H2,2,4,6,8H3. The zero-order chi connectivity index (χ0) is 34.0. The fourth-order valence-corrected chi connectivity index (χ4v) is 3.46. The molecule has 0 spiro atoms. The minimum Gasteiger partial charge on any atom is -0.423 e. The summed E-state index contributed by atoms with van der Waals surface area (Å²) in [5, 5.41) is 0. The molecule has 0 aromatic heterocycles. The summed E-state index contributed by atoms with van der Waals surface area (Å²) in [6, 6.07) is 17.0. The molecule has 46 heavy (non-hydrogen) atoms. The van der Waals surface area contributed by atoms with Gasteiger partial charge in [-0.1, -0.05) is 74.9 Å². The number of benzene rings is 3.